The number of halogens is 8. The fourth-order valence-electron chi connectivity index (χ4n) is 1.07. The van der Waals surface area contributed by atoms with Crippen LogP contribution in [-0.4, -0.2) is 12.5 Å². The lowest BCUT2D eigenvalue weighted by molar-refractivity contribution is -0.274. The Labute approximate surface area is 111 Å². The summed E-state index contributed by atoms with van der Waals surface area (Å²) in [6, 6.07) is 2.44. The van der Waals surface area contributed by atoms with E-state index < -0.39 is 33.7 Å². The lowest BCUT2D eigenvalue weighted by Crippen LogP contribution is -2.18. The summed E-state index contributed by atoms with van der Waals surface area (Å²) in [6.07, 6.45) is -9.66. The van der Waals surface area contributed by atoms with E-state index in [1.807, 2.05) is 0 Å². The third-order valence-electron chi connectivity index (χ3n) is 1.76. The molecule has 0 aromatic heterocycles. The maximum absolute atomic E-state index is 12.4. The molecule has 0 saturated heterocycles. The van der Waals surface area contributed by atoms with Gasteiger partial charge in [0.05, 0.1) is 5.02 Å². The van der Waals surface area contributed by atoms with Gasteiger partial charge in [-0.3, -0.25) is 0 Å². The lowest BCUT2D eigenvalue weighted by atomic mass is 10.1. The highest BCUT2D eigenvalue weighted by Crippen LogP contribution is 2.42. The molecule has 18 heavy (non-hydrogen) atoms. The molecular weight excluding hydrogens is 353 g/mol. The summed E-state index contributed by atoms with van der Waals surface area (Å²) < 4.78 is 76.5. The van der Waals surface area contributed by atoms with Gasteiger partial charge in [-0.25, -0.2) is 0 Å². The van der Waals surface area contributed by atoms with E-state index >= 15 is 0 Å². The van der Waals surface area contributed by atoms with Gasteiger partial charge in [0.25, 0.3) is 0 Å². The molecule has 1 unspecified atom stereocenters. The van der Waals surface area contributed by atoms with E-state index in [2.05, 4.69) is 20.7 Å². The molecule has 0 aliphatic carbocycles. The molecule has 0 saturated carbocycles. The zero-order chi connectivity index (χ0) is 14.1. The van der Waals surface area contributed by atoms with Gasteiger partial charge in [0.1, 0.15) is 10.6 Å². The first-order valence-electron chi connectivity index (χ1n) is 4.26. The van der Waals surface area contributed by atoms with E-state index in [0.717, 1.165) is 12.1 Å². The molecule has 0 aliphatic heterocycles. The van der Waals surface area contributed by atoms with Crippen molar-refractivity contribution in [1.29, 1.82) is 0 Å². The van der Waals surface area contributed by atoms with Gasteiger partial charge >= 0.3 is 12.5 Å². The first kappa shape index (κ1) is 15.4. The summed E-state index contributed by atoms with van der Waals surface area (Å²) in [5, 5.41) is -0.432. The Kier molecular flexibility index (Phi) is 4.42. The molecule has 0 heterocycles. The van der Waals surface area contributed by atoms with Crippen LogP contribution in [-0.2, 0) is 0 Å². The summed E-state index contributed by atoms with van der Waals surface area (Å²) in [5.41, 5.74) is -0.439. The van der Waals surface area contributed by atoms with Gasteiger partial charge < -0.3 is 4.74 Å². The fourth-order valence-corrected chi connectivity index (χ4v) is 1.51. The van der Waals surface area contributed by atoms with Gasteiger partial charge in [0, 0.05) is 0 Å². The normalized spacial score (nSPS) is 14.4. The Morgan fingerprint density at radius 3 is 2.11 bits per heavy atom. The van der Waals surface area contributed by atoms with Crippen LogP contribution in [0.15, 0.2) is 18.2 Å². The van der Waals surface area contributed by atoms with Crippen molar-refractivity contribution < 1.29 is 31.1 Å². The quantitative estimate of drug-likeness (QED) is 0.520. The third kappa shape index (κ3) is 4.24. The first-order valence-corrected chi connectivity index (χ1v) is 5.56. The summed E-state index contributed by atoms with van der Waals surface area (Å²) in [7, 11) is 0. The largest absolute Gasteiger partial charge is 0.573 e. The monoisotopic (exact) mass is 356 g/mol. The molecule has 0 fully saturated rings. The van der Waals surface area contributed by atoms with Crippen LogP contribution < -0.4 is 4.74 Å². The molecule has 1 aromatic carbocycles. The van der Waals surface area contributed by atoms with Crippen molar-refractivity contribution >= 4 is 27.5 Å². The van der Waals surface area contributed by atoms with Crippen LogP contribution in [0.1, 0.15) is 10.4 Å². The highest BCUT2D eigenvalue weighted by molar-refractivity contribution is 9.09. The van der Waals surface area contributed by atoms with Gasteiger partial charge in [0.15, 0.2) is 0 Å². The zero-order valence-electron chi connectivity index (χ0n) is 8.24. The number of hydrogen-bond donors (Lipinski definition) is 0. The molecule has 0 spiro atoms. The molecule has 102 valence electrons. The Balaban J connectivity index is 3.08. The standard InChI is InChI=1S/C9H4BrClF6O/c10-7(8(12,13)14)4-1-2-5(11)6(3-4)18-9(15,16)17/h1-3,7H. The highest BCUT2D eigenvalue weighted by atomic mass is 79.9. The SMILES string of the molecule is FC(F)(F)Oc1cc(C(Br)C(F)(F)F)ccc1Cl. The summed E-state index contributed by atoms with van der Waals surface area (Å²) >= 11 is 7.74. The van der Waals surface area contributed by atoms with Gasteiger partial charge in [-0.15, -0.1) is 13.2 Å². The smallest absolute Gasteiger partial charge is 0.404 e. The number of rotatable bonds is 2. The Hall–Kier alpha value is -0.630. The van der Waals surface area contributed by atoms with E-state index in [4.69, 9.17) is 11.6 Å². The zero-order valence-corrected chi connectivity index (χ0v) is 10.6. The maximum atomic E-state index is 12.4. The van der Waals surface area contributed by atoms with Gasteiger partial charge in [-0.05, 0) is 17.7 Å². The second-order valence-electron chi connectivity index (χ2n) is 3.14. The number of benzene rings is 1. The van der Waals surface area contributed by atoms with Gasteiger partial charge in [-0.1, -0.05) is 33.6 Å². The highest BCUT2D eigenvalue weighted by Gasteiger charge is 2.39. The lowest BCUT2D eigenvalue weighted by Gasteiger charge is -2.16. The van der Waals surface area contributed by atoms with Crippen LogP contribution in [0.25, 0.3) is 0 Å². The summed E-state index contributed by atoms with van der Waals surface area (Å²) in [5.74, 6) is -0.879. The number of alkyl halides is 7. The molecule has 9 heteroatoms. The predicted octanol–water partition coefficient (Wildman–Crippen LogP) is 5.24. The van der Waals surface area contributed by atoms with Crippen LogP contribution in [0.4, 0.5) is 26.3 Å². The van der Waals surface area contributed by atoms with Crippen molar-refractivity contribution in [1.82, 2.24) is 0 Å². The number of ether oxygens (including phenoxy) is 1. The van der Waals surface area contributed by atoms with Gasteiger partial charge in [0.2, 0.25) is 0 Å². The van der Waals surface area contributed by atoms with Crippen LogP contribution in [0.5, 0.6) is 5.75 Å². The molecule has 0 radical (unpaired) electrons. The predicted molar refractivity (Wildman–Crippen MR) is 55.9 cm³/mol. The summed E-state index contributed by atoms with van der Waals surface area (Å²) in [4.78, 5) is -2.10. The minimum absolute atomic E-state index is 0.432. The van der Waals surface area contributed by atoms with Crippen LogP contribution in [0, 0.1) is 0 Å². The van der Waals surface area contributed by atoms with E-state index in [-0.39, 0.29) is 0 Å². The van der Waals surface area contributed by atoms with Crippen LogP contribution in [0.3, 0.4) is 0 Å². The Morgan fingerprint density at radius 2 is 1.67 bits per heavy atom. The first-order chi connectivity index (χ1) is 8.00. The molecule has 0 aliphatic rings. The van der Waals surface area contributed by atoms with E-state index in [9.17, 15) is 26.3 Å². The molecule has 0 N–H and O–H groups in total. The van der Waals surface area contributed by atoms with Crippen molar-refractivity contribution in [2.45, 2.75) is 17.4 Å². The van der Waals surface area contributed by atoms with Crippen LogP contribution in [0.2, 0.25) is 5.02 Å². The molecule has 1 nitrogen and oxygen atoms in total. The second-order valence-corrected chi connectivity index (χ2v) is 4.46. The van der Waals surface area contributed by atoms with Crippen LogP contribution >= 0.6 is 27.5 Å². The molecule has 1 rings (SSSR count). The molecule has 0 amide bonds. The van der Waals surface area contributed by atoms with Crippen molar-refractivity contribution in [3.05, 3.63) is 28.8 Å². The average Bonchev–Trinajstić information content (AvgIpc) is 2.17. The third-order valence-corrected chi connectivity index (χ3v) is 3.12. The van der Waals surface area contributed by atoms with Crippen molar-refractivity contribution in [2.24, 2.45) is 0 Å². The minimum atomic E-state index is -5.03. The maximum Gasteiger partial charge on any atom is 0.573 e. The molecule has 1 atom stereocenters. The topological polar surface area (TPSA) is 9.23 Å². The minimum Gasteiger partial charge on any atom is -0.404 e. The van der Waals surface area contributed by atoms with Crippen molar-refractivity contribution in [3.8, 4) is 5.75 Å². The second kappa shape index (κ2) is 5.16. The van der Waals surface area contributed by atoms with E-state index in [0.29, 0.717) is 6.07 Å². The summed E-state index contributed by atoms with van der Waals surface area (Å²) in [6.45, 7) is 0. The number of hydrogen-bond acceptors (Lipinski definition) is 1. The van der Waals surface area contributed by atoms with Crippen molar-refractivity contribution in [3.63, 3.8) is 0 Å². The average molecular weight is 357 g/mol. The Morgan fingerprint density at radius 1 is 1.11 bits per heavy atom. The molecule has 1 aromatic rings. The van der Waals surface area contributed by atoms with E-state index in [1.165, 1.54) is 0 Å². The molecule has 0 bridgehead atoms. The van der Waals surface area contributed by atoms with Crippen molar-refractivity contribution in [2.75, 3.05) is 0 Å². The van der Waals surface area contributed by atoms with E-state index in [1.54, 1.807) is 0 Å². The fraction of sp³-hybridized carbons (Fsp3) is 0.333. The Bertz CT molecular complexity index is 430. The van der Waals surface area contributed by atoms with Gasteiger partial charge in [-0.2, -0.15) is 13.2 Å². The molecular formula is C9H4BrClF6O.